The van der Waals surface area contributed by atoms with Crippen LogP contribution in [0.25, 0.3) is 0 Å². The summed E-state index contributed by atoms with van der Waals surface area (Å²) in [5, 5.41) is 7.72. The van der Waals surface area contributed by atoms with Crippen LogP contribution in [0.15, 0.2) is 16.8 Å². The molecule has 1 rings (SSSR count). The predicted molar refractivity (Wildman–Crippen MR) is 73.0 cm³/mol. The Labute approximate surface area is 104 Å². The van der Waals surface area contributed by atoms with E-state index in [9.17, 15) is 0 Å². The summed E-state index contributed by atoms with van der Waals surface area (Å²) in [5.41, 5.74) is 1.71. The van der Waals surface area contributed by atoms with Crippen LogP contribution in [-0.2, 0) is 6.54 Å². The lowest BCUT2D eigenvalue weighted by atomic mass is 9.85. The van der Waals surface area contributed by atoms with E-state index in [0.29, 0.717) is 11.5 Å². The van der Waals surface area contributed by atoms with Gasteiger partial charge in [-0.1, -0.05) is 13.8 Å². The minimum Gasteiger partial charge on any atom is -0.317 e. The fourth-order valence-electron chi connectivity index (χ4n) is 1.97. The summed E-state index contributed by atoms with van der Waals surface area (Å²) >= 11 is 1.77. The summed E-state index contributed by atoms with van der Waals surface area (Å²) in [6, 6.07) is 2.73. The van der Waals surface area contributed by atoms with Gasteiger partial charge < -0.3 is 10.2 Å². The van der Waals surface area contributed by atoms with Crippen molar-refractivity contribution in [2.75, 3.05) is 20.6 Å². The number of nitrogens with zero attached hydrogens (tertiary/aromatic N) is 1. The van der Waals surface area contributed by atoms with E-state index in [0.717, 1.165) is 13.1 Å². The molecule has 3 heteroatoms. The maximum absolute atomic E-state index is 3.34. The van der Waals surface area contributed by atoms with Crippen LogP contribution < -0.4 is 5.32 Å². The van der Waals surface area contributed by atoms with Crippen LogP contribution in [0.2, 0.25) is 0 Å². The van der Waals surface area contributed by atoms with E-state index in [4.69, 9.17) is 0 Å². The average Bonchev–Trinajstić information content (AvgIpc) is 2.67. The molecule has 0 saturated carbocycles. The van der Waals surface area contributed by atoms with E-state index in [-0.39, 0.29) is 0 Å². The smallest absolute Gasteiger partial charge is 0.0239 e. The molecule has 0 spiro atoms. The van der Waals surface area contributed by atoms with E-state index in [1.165, 1.54) is 5.56 Å². The molecule has 1 N–H and O–H groups in total. The van der Waals surface area contributed by atoms with E-state index in [1.807, 2.05) is 7.05 Å². The zero-order valence-electron chi connectivity index (χ0n) is 11.1. The highest BCUT2D eigenvalue weighted by molar-refractivity contribution is 7.07. The average molecular weight is 240 g/mol. The molecular weight excluding hydrogens is 216 g/mol. The molecule has 16 heavy (non-hydrogen) atoms. The first kappa shape index (κ1) is 13.7. The van der Waals surface area contributed by atoms with Crippen LogP contribution in [0, 0.1) is 5.41 Å². The quantitative estimate of drug-likeness (QED) is 0.822. The van der Waals surface area contributed by atoms with Crippen molar-refractivity contribution in [2.45, 2.75) is 33.4 Å². The van der Waals surface area contributed by atoms with Crippen LogP contribution in [0.4, 0.5) is 0 Å². The lowest BCUT2D eigenvalue weighted by Gasteiger charge is -2.35. The highest BCUT2D eigenvalue weighted by Gasteiger charge is 2.26. The fraction of sp³-hybridized carbons (Fsp3) is 0.692. The first-order valence-electron chi connectivity index (χ1n) is 5.82. The molecule has 0 aliphatic heterocycles. The summed E-state index contributed by atoms with van der Waals surface area (Å²) in [5.74, 6) is 0. The van der Waals surface area contributed by atoms with Gasteiger partial charge in [0, 0.05) is 19.1 Å². The maximum atomic E-state index is 3.34. The zero-order chi connectivity index (χ0) is 12.2. The molecule has 1 aromatic heterocycles. The normalized spacial score (nSPS) is 14.4. The standard InChI is InChI=1S/C13H24N2S/c1-11(14-4)13(2,3)10-15(5)8-12-6-7-16-9-12/h6-7,9,11,14H,8,10H2,1-5H3. The maximum Gasteiger partial charge on any atom is 0.0239 e. The monoisotopic (exact) mass is 240 g/mol. The van der Waals surface area contributed by atoms with Crippen molar-refractivity contribution in [3.8, 4) is 0 Å². The van der Waals surface area contributed by atoms with Crippen LogP contribution in [0.5, 0.6) is 0 Å². The first-order chi connectivity index (χ1) is 7.45. The second-order valence-electron chi connectivity index (χ2n) is 5.30. The van der Waals surface area contributed by atoms with Gasteiger partial charge in [0.1, 0.15) is 0 Å². The van der Waals surface area contributed by atoms with Gasteiger partial charge in [0.2, 0.25) is 0 Å². The van der Waals surface area contributed by atoms with Gasteiger partial charge >= 0.3 is 0 Å². The van der Waals surface area contributed by atoms with Gasteiger partial charge in [-0.3, -0.25) is 0 Å². The first-order valence-corrected chi connectivity index (χ1v) is 6.77. The topological polar surface area (TPSA) is 15.3 Å². The molecule has 0 aromatic carbocycles. The number of hydrogen-bond acceptors (Lipinski definition) is 3. The zero-order valence-corrected chi connectivity index (χ0v) is 11.9. The van der Waals surface area contributed by atoms with Crippen molar-refractivity contribution in [2.24, 2.45) is 5.41 Å². The van der Waals surface area contributed by atoms with Gasteiger partial charge in [0.05, 0.1) is 0 Å². The summed E-state index contributed by atoms with van der Waals surface area (Å²) in [6.45, 7) is 9.03. The molecule has 0 radical (unpaired) electrons. The van der Waals surface area contributed by atoms with Crippen molar-refractivity contribution in [1.82, 2.24) is 10.2 Å². The van der Waals surface area contributed by atoms with Gasteiger partial charge in [-0.2, -0.15) is 11.3 Å². The second kappa shape index (κ2) is 5.80. The molecule has 1 heterocycles. The number of thiophene rings is 1. The fourth-order valence-corrected chi connectivity index (χ4v) is 2.63. The molecule has 2 nitrogen and oxygen atoms in total. The Morgan fingerprint density at radius 1 is 1.50 bits per heavy atom. The molecule has 0 aliphatic carbocycles. The predicted octanol–water partition coefficient (Wildman–Crippen LogP) is 2.81. The Balaban J connectivity index is 2.47. The molecular formula is C13H24N2S. The lowest BCUT2D eigenvalue weighted by molar-refractivity contribution is 0.164. The molecule has 0 amide bonds. The third kappa shape index (κ3) is 3.89. The van der Waals surface area contributed by atoms with Gasteiger partial charge in [0.15, 0.2) is 0 Å². The lowest BCUT2D eigenvalue weighted by Crippen LogP contribution is -2.44. The Bertz CT molecular complexity index is 293. The SMILES string of the molecule is CNC(C)C(C)(C)CN(C)Cc1ccsc1. The minimum absolute atomic E-state index is 0.291. The van der Waals surface area contributed by atoms with Crippen LogP contribution in [0.1, 0.15) is 26.3 Å². The molecule has 1 unspecified atom stereocenters. The highest BCUT2D eigenvalue weighted by Crippen LogP contribution is 2.22. The van der Waals surface area contributed by atoms with Crippen molar-refractivity contribution in [3.63, 3.8) is 0 Å². The molecule has 1 aromatic rings. The number of hydrogen-bond donors (Lipinski definition) is 1. The Morgan fingerprint density at radius 3 is 2.69 bits per heavy atom. The van der Waals surface area contributed by atoms with Crippen molar-refractivity contribution in [3.05, 3.63) is 22.4 Å². The Hall–Kier alpha value is -0.380. The van der Waals surface area contributed by atoms with Crippen LogP contribution in [0.3, 0.4) is 0 Å². The third-order valence-corrected chi connectivity index (χ3v) is 4.05. The van der Waals surface area contributed by atoms with Crippen molar-refractivity contribution in [1.29, 1.82) is 0 Å². The Morgan fingerprint density at radius 2 is 2.19 bits per heavy atom. The van der Waals surface area contributed by atoms with Crippen LogP contribution >= 0.6 is 11.3 Å². The minimum atomic E-state index is 0.291. The van der Waals surface area contributed by atoms with Gasteiger partial charge in [0.25, 0.3) is 0 Å². The van der Waals surface area contributed by atoms with E-state index in [1.54, 1.807) is 11.3 Å². The van der Waals surface area contributed by atoms with Crippen LogP contribution in [-0.4, -0.2) is 31.6 Å². The molecule has 0 bridgehead atoms. The van der Waals surface area contributed by atoms with Crippen molar-refractivity contribution < 1.29 is 0 Å². The van der Waals surface area contributed by atoms with Gasteiger partial charge in [-0.05, 0) is 48.8 Å². The van der Waals surface area contributed by atoms with E-state index >= 15 is 0 Å². The molecule has 0 aliphatic rings. The molecule has 0 saturated heterocycles. The van der Waals surface area contributed by atoms with E-state index < -0.39 is 0 Å². The summed E-state index contributed by atoms with van der Waals surface area (Å²) in [6.07, 6.45) is 0. The third-order valence-electron chi connectivity index (χ3n) is 3.32. The van der Waals surface area contributed by atoms with E-state index in [2.05, 4.69) is 54.9 Å². The Kier molecular flexibility index (Phi) is 4.96. The number of rotatable bonds is 6. The number of nitrogens with one attached hydrogen (secondary N) is 1. The second-order valence-corrected chi connectivity index (χ2v) is 6.08. The van der Waals surface area contributed by atoms with Crippen molar-refractivity contribution >= 4 is 11.3 Å². The molecule has 1 atom stereocenters. The summed E-state index contributed by atoms with van der Waals surface area (Å²) in [7, 11) is 4.23. The summed E-state index contributed by atoms with van der Waals surface area (Å²) < 4.78 is 0. The largest absolute Gasteiger partial charge is 0.317 e. The summed E-state index contributed by atoms with van der Waals surface area (Å²) in [4.78, 5) is 2.40. The molecule has 92 valence electrons. The van der Waals surface area contributed by atoms with Gasteiger partial charge in [-0.15, -0.1) is 0 Å². The highest BCUT2D eigenvalue weighted by atomic mass is 32.1. The van der Waals surface area contributed by atoms with Gasteiger partial charge in [-0.25, -0.2) is 0 Å². The molecule has 0 fully saturated rings.